The zero-order valence-electron chi connectivity index (χ0n) is 11.0. The van der Waals surface area contributed by atoms with E-state index in [2.05, 4.69) is 4.98 Å². The Morgan fingerprint density at radius 2 is 1.86 bits per heavy atom. The summed E-state index contributed by atoms with van der Waals surface area (Å²) >= 11 is 11.7. The molecule has 0 bridgehead atoms. The SMILES string of the molecule is O=C([O-])c1cc(Cl)c(OCC(=O)c2ccc[nH]2)c(Cl)c1.[Li+]. The van der Waals surface area contributed by atoms with Gasteiger partial charge in [-0.1, -0.05) is 23.2 Å². The molecule has 2 aromatic rings. The van der Waals surface area contributed by atoms with E-state index in [4.69, 9.17) is 27.9 Å². The summed E-state index contributed by atoms with van der Waals surface area (Å²) in [6.45, 7) is -0.273. The van der Waals surface area contributed by atoms with E-state index >= 15 is 0 Å². The monoisotopic (exact) mass is 319 g/mol. The quantitative estimate of drug-likeness (QED) is 0.563. The van der Waals surface area contributed by atoms with Gasteiger partial charge in [0.15, 0.2) is 12.4 Å². The topological polar surface area (TPSA) is 82.2 Å². The van der Waals surface area contributed by atoms with Crippen LogP contribution in [0.5, 0.6) is 5.75 Å². The number of carboxylic acid groups (broad SMARTS) is 1. The fraction of sp³-hybridized carbons (Fsp3) is 0.0769. The maximum atomic E-state index is 11.7. The Balaban J connectivity index is 0.00000220. The number of benzene rings is 1. The molecule has 1 N–H and O–H groups in total. The van der Waals surface area contributed by atoms with E-state index in [1.54, 1.807) is 18.3 Å². The minimum absolute atomic E-state index is 0. The maximum Gasteiger partial charge on any atom is 1.00 e. The molecule has 1 heterocycles. The van der Waals surface area contributed by atoms with Gasteiger partial charge in [0.1, 0.15) is 0 Å². The van der Waals surface area contributed by atoms with E-state index in [1.165, 1.54) is 0 Å². The smallest absolute Gasteiger partial charge is 0.545 e. The van der Waals surface area contributed by atoms with Crippen molar-refractivity contribution in [1.82, 2.24) is 4.98 Å². The zero-order valence-corrected chi connectivity index (χ0v) is 12.5. The number of carbonyl (C=O) groups excluding carboxylic acids is 2. The number of hydrogen-bond acceptors (Lipinski definition) is 4. The summed E-state index contributed by atoms with van der Waals surface area (Å²) < 4.78 is 5.24. The molecule has 1 aromatic heterocycles. The van der Waals surface area contributed by atoms with E-state index in [0.29, 0.717) is 5.69 Å². The molecule has 21 heavy (non-hydrogen) atoms. The Bertz CT molecular complexity index is 635. The minimum atomic E-state index is -1.40. The summed E-state index contributed by atoms with van der Waals surface area (Å²) in [6, 6.07) is 5.59. The van der Waals surface area contributed by atoms with E-state index in [0.717, 1.165) is 12.1 Å². The van der Waals surface area contributed by atoms with Crippen molar-refractivity contribution in [2.75, 3.05) is 6.61 Å². The van der Waals surface area contributed by atoms with Crippen molar-refractivity contribution in [2.45, 2.75) is 0 Å². The number of aromatic carboxylic acids is 1. The molecular formula is C13H8Cl2LiNO4. The number of H-pyrrole nitrogens is 1. The molecule has 0 radical (unpaired) electrons. The van der Waals surface area contributed by atoms with E-state index in [-0.39, 0.29) is 52.6 Å². The second-order valence-electron chi connectivity index (χ2n) is 3.85. The minimum Gasteiger partial charge on any atom is -0.545 e. The molecule has 8 heteroatoms. The molecule has 0 atom stereocenters. The van der Waals surface area contributed by atoms with Gasteiger partial charge in [0, 0.05) is 11.8 Å². The van der Waals surface area contributed by atoms with Crippen LogP contribution < -0.4 is 28.7 Å². The molecule has 0 aliphatic rings. The van der Waals surface area contributed by atoms with Gasteiger partial charge in [0.2, 0.25) is 5.78 Å². The van der Waals surface area contributed by atoms with Crippen LogP contribution in [-0.4, -0.2) is 23.3 Å². The molecule has 1 aromatic carbocycles. The van der Waals surface area contributed by atoms with Crippen LogP contribution in [0.2, 0.25) is 10.0 Å². The molecule has 0 saturated carbocycles. The molecule has 0 amide bonds. The number of hydrogen-bond donors (Lipinski definition) is 1. The molecule has 2 rings (SSSR count). The predicted molar refractivity (Wildman–Crippen MR) is 71.4 cm³/mol. The van der Waals surface area contributed by atoms with Gasteiger partial charge in [0.05, 0.1) is 21.7 Å². The van der Waals surface area contributed by atoms with Crippen LogP contribution in [0.25, 0.3) is 0 Å². The number of Topliss-reactive ketones (excluding diaryl/α,β-unsaturated/α-hetero) is 1. The first-order chi connectivity index (χ1) is 9.49. The Labute approximate surface area is 142 Å². The molecular weight excluding hydrogens is 312 g/mol. The van der Waals surface area contributed by atoms with Crippen LogP contribution in [0, 0.1) is 0 Å². The summed E-state index contributed by atoms with van der Waals surface area (Å²) in [7, 11) is 0. The largest absolute Gasteiger partial charge is 1.00 e. The first-order valence-electron chi connectivity index (χ1n) is 5.49. The van der Waals surface area contributed by atoms with Gasteiger partial charge in [-0.2, -0.15) is 0 Å². The van der Waals surface area contributed by atoms with Crippen LogP contribution in [0.15, 0.2) is 30.5 Å². The van der Waals surface area contributed by atoms with E-state index < -0.39 is 5.97 Å². The number of aromatic nitrogens is 1. The average molecular weight is 320 g/mol. The molecule has 0 spiro atoms. The molecule has 0 aliphatic heterocycles. The fourth-order valence-corrected chi connectivity index (χ4v) is 2.13. The van der Waals surface area contributed by atoms with E-state index in [1.807, 2.05) is 0 Å². The zero-order chi connectivity index (χ0) is 14.7. The summed E-state index contributed by atoms with van der Waals surface area (Å²) in [5.41, 5.74) is 0.228. The summed E-state index contributed by atoms with van der Waals surface area (Å²) in [5.74, 6) is -1.63. The Morgan fingerprint density at radius 1 is 1.24 bits per heavy atom. The van der Waals surface area contributed by atoms with Gasteiger partial charge in [-0.05, 0) is 24.3 Å². The summed E-state index contributed by atoms with van der Waals surface area (Å²) in [5, 5.41) is 10.7. The second kappa shape index (κ2) is 7.58. The molecule has 0 unspecified atom stereocenters. The number of carboxylic acids is 1. The first kappa shape index (κ1) is 17.7. The molecule has 0 saturated heterocycles. The fourth-order valence-electron chi connectivity index (χ4n) is 1.53. The van der Waals surface area contributed by atoms with Crippen molar-refractivity contribution in [1.29, 1.82) is 0 Å². The third kappa shape index (κ3) is 4.29. The molecule has 0 fully saturated rings. The predicted octanol–water partition coefficient (Wildman–Crippen LogP) is -1.05. The number of ether oxygens (including phenoxy) is 1. The third-order valence-corrected chi connectivity index (χ3v) is 3.04. The third-order valence-electron chi connectivity index (χ3n) is 2.48. The van der Waals surface area contributed by atoms with Crippen LogP contribution in [-0.2, 0) is 0 Å². The summed E-state index contributed by atoms with van der Waals surface area (Å²) in [6.07, 6.45) is 1.61. The Hall–Kier alpha value is -1.38. The standard InChI is InChI=1S/C13H9Cl2NO4.Li/c14-8-4-7(13(18)19)5-9(15)12(8)20-6-11(17)10-2-1-3-16-10;/h1-5,16H,6H2,(H,18,19);/q;+1/p-1. The Kier molecular flexibility index (Phi) is 6.37. The summed E-state index contributed by atoms with van der Waals surface area (Å²) in [4.78, 5) is 25.2. The normalized spacial score (nSPS) is 9.81. The van der Waals surface area contributed by atoms with Crippen molar-refractivity contribution in [2.24, 2.45) is 0 Å². The number of aromatic amines is 1. The van der Waals surface area contributed by atoms with Crippen molar-refractivity contribution in [3.05, 3.63) is 51.8 Å². The van der Waals surface area contributed by atoms with Gasteiger partial charge < -0.3 is 19.6 Å². The van der Waals surface area contributed by atoms with Gasteiger partial charge in [-0.25, -0.2) is 0 Å². The van der Waals surface area contributed by atoms with Gasteiger partial charge in [-0.3, -0.25) is 4.79 Å². The van der Waals surface area contributed by atoms with Crippen molar-refractivity contribution >= 4 is 35.0 Å². The first-order valence-corrected chi connectivity index (χ1v) is 6.24. The molecule has 5 nitrogen and oxygen atoms in total. The van der Waals surface area contributed by atoms with Crippen molar-refractivity contribution in [3.63, 3.8) is 0 Å². The number of halogens is 2. The molecule has 0 aliphatic carbocycles. The number of rotatable bonds is 5. The molecule has 104 valence electrons. The Morgan fingerprint density at radius 3 is 2.33 bits per heavy atom. The van der Waals surface area contributed by atoms with Gasteiger partial charge in [0.25, 0.3) is 0 Å². The van der Waals surface area contributed by atoms with Crippen LogP contribution in [0.4, 0.5) is 0 Å². The number of ketones is 1. The maximum absolute atomic E-state index is 11.7. The van der Waals surface area contributed by atoms with Crippen LogP contribution >= 0.6 is 23.2 Å². The second-order valence-corrected chi connectivity index (χ2v) is 4.67. The van der Waals surface area contributed by atoms with Gasteiger partial charge >= 0.3 is 18.9 Å². The van der Waals surface area contributed by atoms with Crippen molar-refractivity contribution < 1.29 is 38.3 Å². The number of nitrogens with one attached hydrogen (secondary N) is 1. The average Bonchev–Trinajstić information content (AvgIpc) is 2.91. The number of carbonyl (C=O) groups is 2. The van der Waals surface area contributed by atoms with E-state index in [9.17, 15) is 14.7 Å². The van der Waals surface area contributed by atoms with Gasteiger partial charge in [-0.15, -0.1) is 0 Å². The van der Waals surface area contributed by atoms with Crippen molar-refractivity contribution in [3.8, 4) is 5.75 Å². The van der Waals surface area contributed by atoms with Crippen LogP contribution in [0.3, 0.4) is 0 Å². The van der Waals surface area contributed by atoms with Crippen LogP contribution in [0.1, 0.15) is 20.8 Å².